The maximum atomic E-state index is 13.7. The SMILES string of the molecule is COc1ccc(CCNc2cnnc(NCCc3ccccc3F)n2)cc1OC. The molecule has 0 aliphatic rings. The van der Waals surface area contributed by atoms with Crippen molar-refractivity contribution in [2.75, 3.05) is 37.9 Å². The number of rotatable bonds is 10. The maximum absolute atomic E-state index is 13.7. The molecule has 7 nitrogen and oxygen atoms in total. The molecule has 0 radical (unpaired) electrons. The van der Waals surface area contributed by atoms with Gasteiger partial charge in [0.15, 0.2) is 17.3 Å². The fourth-order valence-corrected chi connectivity index (χ4v) is 2.84. The summed E-state index contributed by atoms with van der Waals surface area (Å²) >= 11 is 0. The zero-order chi connectivity index (χ0) is 20.5. The van der Waals surface area contributed by atoms with Gasteiger partial charge in [-0.25, -0.2) is 4.39 Å². The summed E-state index contributed by atoms with van der Waals surface area (Å²) in [7, 11) is 3.23. The fourth-order valence-electron chi connectivity index (χ4n) is 2.84. The van der Waals surface area contributed by atoms with Gasteiger partial charge in [-0.2, -0.15) is 10.1 Å². The van der Waals surface area contributed by atoms with Crippen LogP contribution in [-0.4, -0.2) is 42.5 Å². The number of ether oxygens (including phenoxy) is 2. The van der Waals surface area contributed by atoms with Crippen LogP contribution in [0.1, 0.15) is 11.1 Å². The van der Waals surface area contributed by atoms with E-state index in [1.807, 2.05) is 24.3 Å². The Bertz CT molecular complexity index is 938. The third kappa shape index (κ3) is 5.78. The molecular weight excluding hydrogens is 373 g/mol. The summed E-state index contributed by atoms with van der Waals surface area (Å²) in [6.45, 7) is 1.18. The predicted molar refractivity (Wildman–Crippen MR) is 110 cm³/mol. The molecule has 0 atom stereocenters. The zero-order valence-electron chi connectivity index (χ0n) is 16.5. The van der Waals surface area contributed by atoms with Gasteiger partial charge in [-0.3, -0.25) is 0 Å². The van der Waals surface area contributed by atoms with Crippen molar-refractivity contribution < 1.29 is 13.9 Å². The summed E-state index contributed by atoms with van der Waals surface area (Å²) in [4.78, 5) is 4.38. The van der Waals surface area contributed by atoms with Gasteiger partial charge < -0.3 is 20.1 Å². The molecule has 0 spiro atoms. The van der Waals surface area contributed by atoms with E-state index in [4.69, 9.17) is 9.47 Å². The van der Waals surface area contributed by atoms with E-state index in [1.54, 1.807) is 32.5 Å². The van der Waals surface area contributed by atoms with Gasteiger partial charge in [0.05, 0.1) is 20.4 Å². The average Bonchev–Trinajstić information content (AvgIpc) is 2.75. The van der Waals surface area contributed by atoms with Gasteiger partial charge in [-0.15, -0.1) is 5.10 Å². The van der Waals surface area contributed by atoms with Crippen LogP contribution in [-0.2, 0) is 12.8 Å². The van der Waals surface area contributed by atoms with Gasteiger partial charge in [0.1, 0.15) is 5.82 Å². The molecule has 152 valence electrons. The highest BCUT2D eigenvalue weighted by molar-refractivity contribution is 5.43. The molecule has 8 heteroatoms. The van der Waals surface area contributed by atoms with Gasteiger partial charge in [0, 0.05) is 13.1 Å². The van der Waals surface area contributed by atoms with Crippen LogP contribution < -0.4 is 20.1 Å². The zero-order valence-corrected chi connectivity index (χ0v) is 16.5. The normalized spacial score (nSPS) is 10.4. The molecule has 3 aromatic rings. The van der Waals surface area contributed by atoms with Crippen LogP contribution in [0, 0.1) is 5.82 Å². The van der Waals surface area contributed by atoms with Crippen molar-refractivity contribution in [2.45, 2.75) is 12.8 Å². The van der Waals surface area contributed by atoms with Gasteiger partial charge in [0.25, 0.3) is 0 Å². The smallest absolute Gasteiger partial charge is 0.244 e. The number of aromatic nitrogens is 3. The fraction of sp³-hybridized carbons (Fsp3) is 0.286. The summed E-state index contributed by atoms with van der Waals surface area (Å²) in [6.07, 6.45) is 2.88. The summed E-state index contributed by atoms with van der Waals surface area (Å²) in [5.74, 6) is 2.22. The average molecular weight is 397 g/mol. The van der Waals surface area contributed by atoms with E-state index >= 15 is 0 Å². The lowest BCUT2D eigenvalue weighted by atomic mass is 10.1. The molecule has 0 fully saturated rings. The van der Waals surface area contributed by atoms with Crippen LogP contribution >= 0.6 is 0 Å². The Morgan fingerprint density at radius 2 is 1.72 bits per heavy atom. The third-order valence-corrected chi connectivity index (χ3v) is 4.36. The van der Waals surface area contributed by atoms with Gasteiger partial charge in [0.2, 0.25) is 5.95 Å². The number of nitrogens with one attached hydrogen (secondary N) is 2. The molecule has 29 heavy (non-hydrogen) atoms. The summed E-state index contributed by atoms with van der Waals surface area (Å²) < 4.78 is 24.2. The van der Waals surface area contributed by atoms with Crippen molar-refractivity contribution >= 4 is 11.8 Å². The Hall–Kier alpha value is -3.42. The number of nitrogens with zero attached hydrogens (tertiary/aromatic N) is 3. The number of hydrogen-bond acceptors (Lipinski definition) is 7. The number of benzene rings is 2. The van der Waals surface area contributed by atoms with E-state index in [-0.39, 0.29) is 5.82 Å². The second kappa shape index (κ2) is 10.2. The van der Waals surface area contributed by atoms with E-state index in [9.17, 15) is 4.39 Å². The van der Waals surface area contributed by atoms with Gasteiger partial charge in [-0.05, 0) is 42.2 Å². The summed E-state index contributed by atoms with van der Waals surface area (Å²) in [5.41, 5.74) is 1.76. The Morgan fingerprint density at radius 3 is 2.52 bits per heavy atom. The van der Waals surface area contributed by atoms with Crippen molar-refractivity contribution in [3.63, 3.8) is 0 Å². The summed E-state index contributed by atoms with van der Waals surface area (Å²) in [6, 6.07) is 12.6. The first-order valence-corrected chi connectivity index (χ1v) is 9.31. The monoisotopic (exact) mass is 397 g/mol. The second-order valence-corrected chi connectivity index (χ2v) is 6.30. The molecule has 3 rings (SSSR count). The van der Waals surface area contributed by atoms with E-state index in [0.29, 0.717) is 48.3 Å². The Morgan fingerprint density at radius 1 is 0.931 bits per heavy atom. The lowest BCUT2D eigenvalue weighted by Gasteiger charge is -2.10. The molecule has 0 aliphatic carbocycles. The predicted octanol–water partition coefficient (Wildman–Crippen LogP) is 3.34. The van der Waals surface area contributed by atoms with E-state index in [0.717, 1.165) is 12.0 Å². The topological polar surface area (TPSA) is 81.2 Å². The Kier molecular flexibility index (Phi) is 7.16. The quantitative estimate of drug-likeness (QED) is 0.543. The number of anilines is 2. The van der Waals surface area contributed by atoms with Crippen molar-refractivity contribution in [3.8, 4) is 11.5 Å². The largest absolute Gasteiger partial charge is 0.493 e. The number of halogens is 1. The van der Waals surface area contributed by atoms with Crippen LogP contribution in [0.4, 0.5) is 16.2 Å². The van der Waals surface area contributed by atoms with Crippen LogP contribution in [0.3, 0.4) is 0 Å². The molecule has 2 aromatic carbocycles. The minimum Gasteiger partial charge on any atom is -0.493 e. The lowest BCUT2D eigenvalue weighted by Crippen LogP contribution is -2.12. The van der Waals surface area contributed by atoms with Crippen molar-refractivity contribution in [1.29, 1.82) is 0 Å². The minimum atomic E-state index is -0.209. The minimum absolute atomic E-state index is 0.209. The van der Waals surface area contributed by atoms with Crippen LogP contribution in [0.25, 0.3) is 0 Å². The van der Waals surface area contributed by atoms with Crippen LogP contribution in [0.15, 0.2) is 48.7 Å². The van der Waals surface area contributed by atoms with E-state index in [1.165, 1.54) is 6.07 Å². The Balaban J connectivity index is 1.49. The van der Waals surface area contributed by atoms with Gasteiger partial charge >= 0.3 is 0 Å². The molecule has 0 amide bonds. The molecule has 0 saturated heterocycles. The van der Waals surface area contributed by atoms with Gasteiger partial charge in [-0.1, -0.05) is 24.3 Å². The molecule has 0 saturated carbocycles. The second-order valence-electron chi connectivity index (χ2n) is 6.30. The molecule has 0 bridgehead atoms. The first-order chi connectivity index (χ1) is 14.2. The van der Waals surface area contributed by atoms with Crippen molar-refractivity contribution in [1.82, 2.24) is 15.2 Å². The van der Waals surface area contributed by atoms with E-state index in [2.05, 4.69) is 25.8 Å². The first kappa shape index (κ1) is 20.3. The van der Waals surface area contributed by atoms with Crippen LogP contribution in [0.5, 0.6) is 11.5 Å². The van der Waals surface area contributed by atoms with Crippen molar-refractivity contribution in [3.05, 3.63) is 65.6 Å². The standard InChI is InChI=1S/C21H24FN5O2/c1-28-18-8-7-15(13-19(18)29-2)9-11-23-20-14-25-27-21(26-20)24-12-10-16-5-3-4-6-17(16)22/h3-8,13-14H,9-12H2,1-2H3,(H2,23,24,26,27). The molecule has 0 aliphatic heterocycles. The summed E-state index contributed by atoms with van der Waals surface area (Å²) in [5, 5.41) is 14.2. The molecule has 2 N–H and O–H groups in total. The third-order valence-electron chi connectivity index (χ3n) is 4.36. The number of hydrogen-bond donors (Lipinski definition) is 2. The van der Waals surface area contributed by atoms with Crippen molar-refractivity contribution in [2.24, 2.45) is 0 Å². The molecule has 1 aromatic heterocycles. The lowest BCUT2D eigenvalue weighted by molar-refractivity contribution is 0.354. The highest BCUT2D eigenvalue weighted by Crippen LogP contribution is 2.27. The first-order valence-electron chi connectivity index (χ1n) is 9.31. The number of methoxy groups -OCH3 is 2. The van der Waals surface area contributed by atoms with E-state index < -0.39 is 0 Å². The highest BCUT2D eigenvalue weighted by atomic mass is 19.1. The van der Waals surface area contributed by atoms with Crippen LogP contribution in [0.2, 0.25) is 0 Å². The maximum Gasteiger partial charge on any atom is 0.244 e. The molecule has 1 heterocycles. The molecule has 0 unspecified atom stereocenters. The highest BCUT2D eigenvalue weighted by Gasteiger charge is 2.06. The molecular formula is C21H24FN5O2. The Labute approximate surface area is 169 Å².